The average Bonchev–Trinajstić information content (AvgIpc) is 2.90. The summed E-state index contributed by atoms with van der Waals surface area (Å²) in [4.78, 5) is 25.6. The topological polar surface area (TPSA) is 66.8 Å². The number of nitrogens with zero attached hydrogens (tertiary/aromatic N) is 1. The predicted molar refractivity (Wildman–Crippen MR) is 114 cm³/mol. The Hall–Kier alpha value is -2.40. The summed E-state index contributed by atoms with van der Waals surface area (Å²) in [5, 5.41) is 10.4. The Morgan fingerprint density at radius 2 is 2.07 bits per heavy atom. The minimum atomic E-state index is -0.563. The highest BCUT2D eigenvalue weighted by Crippen LogP contribution is 2.19. The number of rotatable bonds is 10. The molecule has 0 radical (unpaired) electrons. The van der Waals surface area contributed by atoms with Crippen molar-refractivity contribution in [2.45, 2.75) is 63.5 Å². The maximum atomic E-state index is 12.5. The molecule has 1 aliphatic rings. The van der Waals surface area contributed by atoms with Crippen LogP contribution in [-0.2, 0) is 20.7 Å². The molecule has 0 bridgehead atoms. The first-order valence-electron chi connectivity index (χ1n) is 10.5. The first kappa shape index (κ1) is 22.9. The van der Waals surface area contributed by atoms with Gasteiger partial charge < -0.3 is 14.7 Å². The molecular weight excluding hydrogens is 366 g/mol. The second-order valence-corrected chi connectivity index (χ2v) is 7.44. The van der Waals surface area contributed by atoms with Gasteiger partial charge in [0.1, 0.15) is 0 Å². The lowest BCUT2D eigenvalue weighted by atomic mass is 10.0. The van der Waals surface area contributed by atoms with Crippen molar-refractivity contribution in [3.8, 4) is 0 Å². The summed E-state index contributed by atoms with van der Waals surface area (Å²) in [6, 6.07) is 9.91. The number of hydrogen-bond donors (Lipinski definition) is 1. The third-order valence-corrected chi connectivity index (χ3v) is 5.15. The number of allylic oxidation sites excluding steroid dienone is 1. The third kappa shape index (κ3) is 8.65. The second kappa shape index (κ2) is 12.9. The molecule has 0 aromatic heterocycles. The molecule has 5 heteroatoms. The number of unbranched alkanes of at least 4 members (excludes halogenated alkanes) is 1. The van der Waals surface area contributed by atoms with E-state index in [0.29, 0.717) is 25.8 Å². The number of esters is 1. The lowest BCUT2D eigenvalue weighted by Gasteiger charge is -2.27. The standard InChI is InChI=1S/C24H33NO4/c1-29-24(28)15-7-2-3-10-18-25-21(13-8-9-14-23(25)27)16-17-22(26)19-20-11-5-4-6-12-20/h3-6,10-12,16-17,21-22,26H,2,7-9,13-15,18-19H2,1H3/b10-3-,17-16?. The summed E-state index contributed by atoms with van der Waals surface area (Å²) in [5.74, 6) is -0.0331. The van der Waals surface area contributed by atoms with E-state index in [0.717, 1.165) is 37.7 Å². The summed E-state index contributed by atoms with van der Waals surface area (Å²) < 4.78 is 4.63. The number of methoxy groups -OCH3 is 1. The van der Waals surface area contributed by atoms with Crippen LogP contribution in [0.5, 0.6) is 0 Å². The molecule has 1 heterocycles. The molecule has 0 aliphatic carbocycles. The lowest BCUT2D eigenvalue weighted by Crippen LogP contribution is -2.38. The van der Waals surface area contributed by atoms with Crippen LogP contribution in [0.4, 0.5) is 0 Å². The van der Waals surface area contributed by atoms with Gasteiger partial charge in [0.05, 0.1) is 19.3 Å². The molecule has 2 rings (SSSR count). The molecule has 5 nitrogen and oxygen atoms in total. The van der Waals surface area contributed by atoms with Gasteiger partial charge >= 0.3 is 5.97 Å². The summed E-state index contributed by atoms with van der Waals surface area (Å²) in [5.41, 5.74) is 1.09. The number of hydrogen-bond acceptors (Lipinski definition) is 4. The van der Waals surface area contributed by atoms with Gasteiger partial charge in [0.2, 0.25) is 5.91 Å². The van der Waals surface area contributed by atoms with Crippen LogP contribution < -0.4 is 0 Å². The molecule has 0 saturated carbocycles. The predicted octanol–water partition coefficient (Wildman–Crippen LogP) is 3.82. The van der Waals surface area contributed by atoms with Crippen molar-refractivity contribution in [3.63, 3.8) is 0 Å². The molecule has 1 aliphatic heterocycles. The van der Waals surface area contributed by atoms with Gasteiger partial charge in [0.25, 0.3) is 0 Å². The molecule has 2 unspecified atom stereocenters. The summed E-state index contributed by atoms with van der Waals surface area (Å²) in [7, 11) is 1.40. The number of benzene rings is 1. The minimum Gasteiger partial charge on any atom is -0.469 e. The van der Waals surface area contributed by atoms with E-state index in [1.165, 1.54) is 7.11 Å². The number of carbonyl (C=O) groups is 2. The van der Waals surface area contributed by atoms with Crippen LogP contribution in [0.25, 0.3) is 0 Å². The quantitative estimate of drug-likeness (QED) is 0.369. The van der Waals surface area contributed by atoms with Crippen LogP contribution in [0.2, 0.25) is 0 Å². The highest BCUT2D eigenvalue weighted by Gasteiger charge is 2.23. The van der Waals surface area contributed by atoms with Gasteiger partial charge in [-0.1, -0.05) is 61.1 Å². The van der Waals surface area contributed by atoms with Crippen molar-refractivity contribution in [3.05, 3.63) is 60.2 Å². The highest BCUT2D eigenvalue weighted by atomic mass is 16.5. The van der Waals surface area contributed by atoms with Gasteiger partial charge in [0, 0.05) is 25.8 Å². The molecule has 1 aromatic rings. The smallest absolute Gasteiger partial charge is 0.305 e. The fourth-order valence-electron chi connectivity index (χ4n) is 3.50. The van der Waals surface area contributed by atoms with Crippen molar-refractivity contribution in [1.29, 1.82) is 0 Å². The Balaban J connectivity index is 1.89. The van der Waals surface area contributed by atoms with E-state index in [2.05, 4.69) is 4.74 Å². The van der Waals surface area contributed by atoms with Crippen molar-refractivity contribution < 1.29 is 19.4 Å². The summed E-state index contributed by atoms with van der Waals surface area (Å²) in [6.45, 7) is 0.556. The monoisotopic (exact) mass is 399 g/mol. The Bertz CT molecular complexity index is 683. The average molecular weight is 400 g/mol. The maximum absolute atomic E-state index is 12.5. The minimum absolute atomic E-state index is 0.00939. The fraction of sp³-hybridized carbons (Fsp3) is 0.500. The van der Waals surface area contributed by atoms with Gasteiger partial charge in [0.15, 0.2) is 0 Å². The van der Waals surface area contributed by atoms with Gasteiger partial charge in [-0.3, -0.25) is 9.59 Å². The van der Waals surface area contributed by atoms with Crippen molar-refractivity contribution >= 4 is 11.9 Å². The SMILES string of the molecule is COC(=O)CCC/C=C\CN1C(=O)CCCCC1C=CC(O)Cc1ccccc1. The lowest BCUT2D eigenvalue weighted by molar-refractivity contribution is -0.140. The first-order valence-corrected chi connectivity index (χ1v) is 10.5. The molecule has 1 N–H and O–H groups in total. The van der Waals surface area contributed by atoms with Crippen LogP contribution in [0.15, 0.2) is 54.6 Å². The van der Waals surface area contributed by atoms with Gasteiger partial charge in [-0.25, -0.2) is 0 Å². The van der Waals surface area contributed by atoms with E-state index in [9.17, 15) is 14.7 Å². The molecule has 1 fully saturated rings. The van der Waals surface area contributed by atoms with Gasteiger partial charge in [-0.15, -0.1) is 0 Å². The third-order valence-electron chi connectivity index (χ3n) is 5.15. The highest BCUT2D eigenvalue weighted by molar-refractivity contribution is 5.77. The maximum Gasteiger partial charge on any atom is 0.305 e. The van der Waals surface area contributed by atoms with E-state index in [1.54, 1.807) is 0 Å². The van der Waals surface area contributed by atoms with E-state index >= 15 is 0 Å². The van der Waals surface area contributed by atoms with Crippen molar-refractivity contribution in [1.82, 2.24) is 4.90 Å². The Morgan fingerprint density at radius 3 is 2.83 bits per heavy atom. The first-order chi connectivity index (χ1) is 14.1. The zero-order valence-corrected chi connectivity index (χ0v) is 17.3. The van der Waals surface area contributed by atoms with E-state index in [4.69, 9.17) is 0 Å². The molecule has 0 spiro atoms. The number of amides is 1. The van der Waals surface area contributed by atoms with Crippen LogP contribution in [0, 0.1) is 0 Å². The van der Waals surface area contributed by atoms with Crippen LogP contribution in [0.1, 0.15) is 50.5 Å². The summed E-state index contributed by atoms with van der Waals surface area (Å²) in [6.07, 6.45) is 13.2. The number of likely N-dealkylation sites (tertiary alicyclic amines) is 1. The van der Waals surface area contributed by atoms with Crippen LogP contribution >= 0.6 is 0 Å². The molecule has 1 aromatic carbocycles. The summed E-state index contributed by atoms with van der Waals surface area (Å²) >= 11 is 0. The van der Waals surface area contributed by atoms with Crippen LogP contribution in [-0.4, -0.2) is 47.7 Å². The molecule has 158 valence electrons. The van der Waals surface area contributed by atoms with E-state index in [-0.39, 0.29) is 17.9 Å². The zero-order chi connectivity index (χ0) is 20.9. The van der Waals surface area contributed by atoms with E-state index in [1.807, 2.05) is 59.5 Å². The Kier molecular flexibility index (Phi) is 10.2. The van der Waals surface area contributed by atoms with Gasteiger partial charge in [-0.05, 0) is 31.2 Å². The number of carbonyl (C=O) groups excluding carboxylic acids is 2. The van der Waals surface area contributed by atoms with Crippen LogP contribution in [0.3, 0.4) is 0 Å². The molecule has 1 amide bonds. The Morgan fingerprint density at radius 1 is 1.28 bits per heavy atom. The van der Waals surface area contributed by atoms with Crippen molar-refractivity contribution in [2.75, 3.05) is 13.7 Å². The second-order valence-electron chi connectivity index (χ2n) is 7.44. The number of aliphatic hydroxyl groups is 1. The largest absolute Gasteiger partial charge is 0.469 e. The normalized spacial score (nSPS) is 18.9. The fourth-order valence-corrected chi connectivity index (χ4v) is 3.50. The molecule has 1 saturated heterocycles. The molecular formula is C24H33NO4. The zero-order valence-electron chi connectivity index (χ0n) is 17.3. The van der Waals surface area contributed by atoms with Gasteiger partial charge in [-0.2, -0.15) is 0 Å². The number of aliphatic hydroxyl groups excluding tert-OH is 1. The molecule has 2 atom stereocenters. The van der Waals surface area contributed by atoms with E-state index < -0.39 is 6.10 Å². The number of ether oxygens (including phenoxy) is 1. The van der Waals surface area contributed by atoms with Crippen molar-refractivity contribution in [2.24, 2.45) is 0 Å². The molecule has 29 heavy (non-hydrogen) atoms. The Labute approximate surface area is 174 Å².